The van der Waals surface area contributed by atoms with Gasteiger partial charge in [-0.3, -0.25) is 14.3 Å². The van der Waals surface area contributed by atoms with E-state index in [0.29, 0.717) is 36.6 Å². The number of phosphoric acid groups is 3. The number of rotatable bonds is 25. The number of carboxylic acid groups (broad SMARTS) is 1. The lowest BCUT2D eigenvalue weighted by molar-refractivity contribution is -0.0240. The van der Waals surface area contributed by atoms with E-state index in [9.17, 15) is 38.2 Å². The smallest absolute Gasteiger partial charge is 0.478 e. The summed E-state index contributed by atoms with van der Waals surface area (Å²) in [7, 11) is -10.4. The van der Waals surface area contributed by atoms with E-state index < -0.39 is 70.8 Å². The number of fused-ring (bicyclic) bond motifs is 2. The molecule has 20 nitrogen and oxygen atoms in total. The molecule has 2 heterocycles. The Bertz CT molecular complexity index is 2640. The van der Waals surface area contributed by atoms with Crippen LogP contribution >= 0.6 is 66.6 Å². The topological polar surface area (TPSA) is 288 Å². The number of aryl methyl sites for hydroxylation is 1. The van der Waals surface area contributed by atoms with Crippen molar-refractivity contribution in [1.82, 2.24) is 5.32 Å². The standard InChI is InChI=1S/C45H63BN3O17P3S4/c1-10-47-34-20-36-32(17-27(34)3)41(33-18-28(4)35(48-11-2)21-37(33)63-36)30-14-13-29(19-31(30)43(51)52)42(50)49-24-45(8,9)73-70-25-60-16-12-15-46-40-22-38(61-26-71-72-44(5,6)7)39(64-40)23-62-68(56,57)66-69(58,59)65-67(53,54)55/h13-14,17-21,32,38-41,46,48H,10-11,16,22-26H2,1-9H3,(H,49,50)(H,51,52)(H,56,57)(H,58,59)(H2,53,54,55)/b47-34-/t32?,38-,39?,40-,41?/m1/s1. The number of hydrogen-bond donors (Lipinski definition) is 7. The Morgan fingerprint density at radius 2 is 1.68 bits per heavy atom. The summed E-state index contributed by atoms with van der Waals surface area (Å²) in [6, 6.07) is 8.35. The van der Waals surface area contributed by atoms with Gasteiger partial charge in [0.1, 0.15) is 36.1 Å². The second-order valence-corrected chi connectivity index (χ2v) is 28.9. The zero-order chi connectivity index (χ0) is 53.9. The number of carbonyl (C=O) groups excluding carboxylic acids is 1. The Balaban J connectivity index is 1.13. The summed E-state index contributed by atoms with van der Waals surface area (Å²) in [5, 5.41) is 17.0. The molecule has 2 aliphatic heterocycles. The Morgan fingerprint density at radius 3 is 2.36 bits per heavy atom. The van der Waals surface area contributed by atoms with Crippen molar-refractivity contribution in [3.8, 4) is 17.5 Å². The highest BCUT2D eigenvalue weighted by Crippen LogP contribution is 2.66. The van der Waals surface area contributed by atoms with E-state index in [1.807, 2.05) is 80.5 Å². The van der Waals surface area contributed by atoms with Crippen LogP contribution in [0.5, 0.6) is 5.75 Å². The van der Waals surface area contributed by atoms with Crippen LogP contribution in [0.3, 0.4) is 0 Å². The van der Waals surface area contributed by atoms with Crippen LogP contribution in [-0.2, 0) is 41.1 Å². The maximum absolute atomic E-state index is 13.6. The number of amides is 1. The van der Waals surface area contributed by atoms with Crippen molar-refractivity contribution in [3.05, 3.63) is 81.6 Å². The second kappa shape index (κ2) is 26.7. The number of ether oxygens (including phenoxy) is 4. The number of aromatic carboxylic acids is 1. The molecule has 7 N–H and O–H groups in total. The van der Waals surface area contributed by atoms with Crippen molar-refractivity contribution in [2.45, 2.75) is 102 Å². The molecule has 3 aliphatic rings. The third-order valence-corrected chi connectivity index (χ3v) is 20.5. The van der Waals surface area contributed by atoms with E-state index in [1.165, 1.54) is 38.4 Å². The molecule has 0 radical (unpaired) electrons. The average molecular weight is 1150 g/mol. The molecule has 5 rings (SSSR count). The van der Waals surface area contributed by atoms with E-state index in [2.05, 4.69) is 42.1 Å². The van der Waals surface area contributed by atoms with Gasteiger partial charge in [0.15, 0.2) is 0 Å². The molecular weight excluding hydrogens is 1090 g/mol. The third-order valence-electron chi connectivity index (χ3n) is 10.8. The van der Waals surface area contributed by atoms with E-state index in [-0.39, 0.29) is 54.1 Å². The number of nitrogens with zero attached hydrogens (tertiary/aromatic N) is 1. The lowest BCUT2D eigenvalue weighted by Crippen LogP contribution is -2.36. The summed E-state index contributed by atoms with van der Waals surface area (Å²) in [5.74, 6) is 5.42. The van der Waals surface area contributed by atoms with E-state index in [4.69, 9.17) is 33.3 Å². The van der Waals surface area contributed by atoms with Crippen molar-refractivity contribution in [2.24, 2.45) is 10.9 Å². The molecule has 0 aromatic heterocycles. The minimum Gasteiger partial charge on any atom is -0.478 e. The number of carboxylic acids is 1. The van der Waals surface area contributed by atoms with Crippen LogP contribution in [0.25, 0.3) is 0 Å². The molecule has 5 unspecified atom stereocenters. The number of benzene rings is 2. The Morgan fingerprint density at radius 1 is 0.959 bits per heavy atom. The van der Waals surface area contributed by atoms with Gasteiger partial charge < -0.3 is 54.3 Å². The van der Waals surface area contributed by atoms with Crippen LogP contribution in [0, 0.1) is 24.6 Å². The zero-order valence-corrected chi connectivity index (χ0v) is 47.8. The highest BCUT2D eigenvalue weighted by Gasteiger charge is 2.44. The lowest BCUT2D eigenvalue weighted by Gasteiger charge is -2.37. The lowest BCUT2D eigenvalue weighted by atomic mass is 9.71. The summed E-state index contributed by atoms with van der Waals surface area (Å²) < 4.78 is 71.2. The number of aliphatic imine (C=N–C) groups is 1. The van der Waals surface area contributed by atoms with Gasteiger partial charge in [0.25, 0.3) is 5.91 Å². The molecule has 1 saturated heterocycles. The number of phosphoric ester groups is 1. The first kappa shape index (κ1) is 61.3. The van der Waals surface area contributed by atoms with Crippen LogP contribution in [-0.4, -0.2) is 122 Å². The Hall–Kier alpha value is -2.56. The van der Waals surface area contributed by atoms with Crippen molar-refractivity contribution in [2.75, 3.05) is 50.0 Å². The monoisotopic (exact) mass is 1150 g/mol. The van der Waals surface area contributed by atoms with Gasteiger partial charge in [-0.1, -0.05) is 82.0 Å². The first-order valence-corrected chi connectivity index (χ1v) is 32.1. The number of carbonyl (C=O) groups is 2. The number of allylic oxidation sites excluding steroid dienone is 3. The fraction of sp³-hybridized carbons (Fsp3) is 0.533. The Kier molecular flexibility index (Phi) is 22.4. The van der Waals surface area contributed by atoms with E-state index >= 15 is 0 Å². The fourth-order valence-corrected chi connectivity index (χ4v) is 14.9. The first-order chi connectivity index (χ1) is 34.1. The van der Waals surface area contributed by atoms with Crippen LogP contribution in [0.2, 0.25) is 0 Å². The van der Waals surface area contributed by atoms with E-state index in [0.717, 1.165) is 28.1 Å². The largest absolute Gasteiger partial charge is 0.490 e. The molecule has 1 fully saturated rings. The van der Waals surface area contributed by atoms with Crippen LogP contribution in [0.15, 0.2) is 58.8 Å². The van der Waals surface area contributed by atoms with Gasteiger partial charge >= 0.3 is 29.4 Å². The average Bonchev–Trinajstić information content (AvgIpc) is 3.67. The van der Waals surface area contributed by atoms with Crippen molar-refractivity contribution in [3.63, 3.8) is 0 Å². The summed E-state index contributed by atoms with van der Waals surface area (Å²) in [5.41, 5.74) is 5.34. The molecule has 73 heavy (non-hydrogen) atoms. The maximum atomic E-state index is 13.6. The van der Waals surface area contributed by atoms with Crippen LogP contribution in [0.4, 0.5) is 5.69 Å². The SMILES string of the molecule is CC/N=C1/C=C2Oc3cc(NCC)c(C)cc3C(c3ccc(C(=O)NCC(C)(C)SSCOCC#CB[C@H]4C[C@@H](OCSSC(C)(C)C)C(COP(=O)(O)OP(=O)(O)OP(=O)(O)O)O4)cc3C(=O)O)C2C=C1C. The fourth-order valence-electron chi connectivity index (χ4n) is 7.75. The second-order valence-electron chi connectivity index (χ2n) is 18.4. The molecule has 28 heteroatoms. The highest BCUT2D eigenvalue weighted by atomic mass is 33.1. The normalized spacial score (nSPS) is 22.0. The predicted octanol–water partition coefficient (Wildman–Crippen LogP) is 8.81. The molecule has 2 aromatic rings. The van der Waals surface area contributed by atoms with Crippen molar-refractivity contribution < 1.29 is 80.1 Å². The van der Waals surface area contributed by atoms with Crippen molar-refractivity contribution in [1.29, 1.82) is 0 Å². The van der Waals surface area contributed by atoms with E-state index in [1.54, 1.807) is 22.9 Å². The molecule has 1 amide bonds. The number of nitrogens with one attached hydrogen (secondary N) is 2. The van der Waals surface area contributed by atoms with Gasteiger partial charge in [-0.25, -0.2) is 18.5 Å². The molecule has 7 atom stereocenters. The maximum Gasteiger partial charge on any atom is 0.490 e. The third kappa shape index (κ3) is 19.1. The van der Waals surface area contributed by atoms with Gasteiger partial charge in [0, 0.05) is 75.9 Å². The van der Waals surface area contributed by atoms with Crippen LogP contribution < -0.4 is 15.4 Å². The minimum absolute atomic E-state index is 0.0214. The minimum atomic E-state index is -5.69. The number of anilines is 1. The van der Waals surface area contributed by atoms with Crippen LogP contribution in [0.1, 0.15) is 105 Å². The quantitative estimate of drug-likeness (QED) is 0.0122. The molecule has 0 spiro atoms. The van der Waals surface area contributed by atoms with Gasteiger partial charge in [0.05, 0.1) is 24.0 Å². The van der Waals surface area contributed by atoms with Gasteiger partial charge in [-0.15, -0.1) is 0 Å². The first-order valence-electron chi connectivity index (χ1n) is 23.0. The van der Waals surface area contributed by atoms with Gasteiger partial charge in [-0.2, -0.15) is 14.4 Å². The molecular formula is C45H63BN3O17P3S4. The molecule has 1 aliphatic carbocycles. The Labute approximate surface area is 442 Å². The molecule has 2 aromatic carbocycles. The van der Waals surface area contributed by atoms with Gasteiger partial charge in [0.2, 0.25) is 7.28 Å². The summed E-state index contributed by atoms with van der Waals surface area (Å²) in [4.78, 5) is 68.3. The summed E-state index contributed by atoms with van der Waals surface area (Å²) >= 11 is 0. The summed E-state index contributed by atoms with van der Waals surface area (Å²) in [6.07, 6.45) is 2.75. The van der Waals surface area contributed by atoms with Crippen molar-refractivity contribution >= 4 is 97.2 Å². The predicted molar refractivity (Wildman–Crippen MR) is 290 cm³/mol. The summed E-state index contributed by atoms with van der Waals surface area (Å²) in [6.45, 7) is 19.0. The number of hydrogen-bond acceptors (Lipinski definition) is 18. The molecule has 402 valence electrons. The molecule has 0 bridgehead atoms. The van der Waals surface area contributed by atoms with Gasteiger partial charge in [-0.05, 0) is 82.9 Å². The highest BCUT2D eigenvalue weighted by molar-refractivity contribution is 8.77. The molecule has 0 saturated carbocycles. The zero-order valence-electron chi connectivity index (χ0n) is 41.8.